The van der Waals surface area contributed by atoms with Crippen LogP contribution >= 0.6 is 11.3 Å². The summed E-state index contributed by atoms with van der Waals surface area (Å²) in [6.07, 6.45) is 4.96. The molecule has 1 saturated heterocycles. The highest BCUT2D eigenvalue weighted by Crippen LogP contribution is 2.52. The van der Waals surface area contributed by atoms with Crippen molar-refractivity contribution in [2.75, 3.05) is 18.5 Å². The van der Waals surface area contributed by atoms with Gasteiger partial charge in [-0.05, 0) is 37.3 Å². The van der Waals surface area contributed by atoms with Crippen molar-refractivity contribution in [3.05, 3.63) is 30.4 Å². The Morgan fingerprint density at radius 3 is 2.64 bits per heavy atom. The first kappa shape index (κ1) is 17.4. The first-order valence-corrected chi connectivity index (χ1v) is 10.2. The number of imide groups is 1. The van der Waals surface area contributed by atoms with E-state index in [1.165, 1.54) is 11.3 Å². The number of aromatic nitrogens is 1. The number of anilines is 1. The lowest BCUT2D eigenvalue weighted by molar-refractivity contribution is -0.143. The lowest BCUT2D eigenvalue weighted by Gasteiger charge is -2.16. The van der Waals surface area contributed by atoms with Crippen molar-refractivity contribution in [2.45, 2.75) is 13.3 Å². The van der Waals surface area contributed by atoms with Gasteiger partial charge in [0.05, 0.1) is 28.7 Å². The standard InChI is InChI=1S/C20H19N3O4S/c1-2-27-12-5-6-14-13(8-12)21-20(28-14)22-15(24)9-23-18(25)16-10-3-4-11(7-10)17(16)19(23)26/h3-6,8,10-11,16-17H,2,7,9H2,1H3,(H,21,22,24)/t10-,11-,16-,17-/m0/s1. The molecule has 2 aromatic rings. The minimum absolute atomic E-state index is 0.142. The Balaban J connectivity index is 1.28. The van der Waals surface area contributed by atoms with Crippen molar-refractivity contribution >= 4 is 44.4 Å². The van der Waals surface area contributed by atoms with Crippen molar-refractivity contribution in [3.63, 3.8) is 0 Å². The first-order chi connectivity index (χ1) is 13.5. The molecule has 8 heteroatoms. The van der Waals surface area contributed by atoms with Crippen molar-refractivity contribution < 1.29 is 19.1 Å². The van der Waals surface area contributed by atoms with Gasteiger partial charge in [-0.3, -0.25) is 19.3 Å². The summed E-state index contributed by atoms with van der Waals surface area (Å²) >= 11 is 1.34. The predicted molar refractivity (Wildman–Crippen MR) is 104 cm³/mol. The summed E-state index contributed by atoms with van der Waals surface area (Å²) in [5, 5.41) is 3.16. The maximum absolute atomic E-state index is 12.7. The molecule has 2 heterocycles. The third-order valence-corrected chi connectivity index (χ3v) is 6.73. The van der Waals surface area contributed by atoms with Crippen molar-refractivity contribution in [1.29, 1.82) is 0 Å². The van der Waals surface area contributed by atoms with Gasteiger partial charge in [0.2, 0.25) is 17.7 Å². The van der Waals surface area contributed by atoms with E-state index in [0.717, 1.165) is 27.3 Å². The highest BCUT2D eigenvalue weighted by molar-refractivity contribution is 7.22. The van der Waals surface area contributed by atoms with Gasteiger partial charge in [0.1, 0.15) is 12.3 Å². The molecule has 2 aliphatic carbocycles. The minimum atomic E-state index is -0.411. The SMILES string of the molecule is CCOc1ccc2sc(NC(=O)CN3C(=O)[C@@H]4[C@@H](C3=O)[C@H]3C=C[C@H]4C3)nc2c1. The fraction of sp³-hybridized carbons (Fsp3) is 0.400. The van der Waals surface area contributed by atoms with Gasteiger partial charge in [-0.1, -0.05) is 23.5 Å². The average Bonchev–Trinajstić information content (AvgIpc) is 3.41. The van der Waals surface area contributed by atoms with Crippen molar-refractivity contribution in [2.24, 2.45) is 23.7 Å². The van der Waals surface area contributed by atoms with E-state index < -0.39 is 5.91 Å². The third-order valence-electron chi connectivity index (χ3n) is 5.78. The van der Waals surface area contributed by atoms with Gasteiger partial charge in [0.25, 0.3) is 0 Å². The number of likely N-dealkylation sites (tertiary alicyclic amines) is 1. The molecular formula is C20H19N3O4S. The van der Waals surface area contributed by atoms with Crippen LogP contribution in [-0.4, -0.2) is 40.8 Å². The smallest absolute Gasteiger partial charge is 0.246 e. The number of fused-ring (bicyclic) bond motifs is 6. The molecule has 5 rings (SSSR count). The molecule has 3 aliphatic rings. The number of carbonyl (C=O) groups is 3. The minimum Gasteiger partial charge on any atom is -0.494 e. The molecule has 1 aromatic heterocycles. The molecule has 1 saturated carbocycles. The second kappa shape index (κ2) is 6.41. The average molecular weight is 397 g/mol. The molecule has 1 N–H and O–H groups in total. The lowest BCUT2D eigenvalue weighted by atomic mass is 9.85. The van der Waals surface area contributed by atoms with Crippen LogP contribution < -0.4 is 10.1 Å². The zero-order valence-electron chi connectivity index (χ0n) is 15.3. The summed E-state index contributed by atoms with van der Waals surface area (Å²) < 4.78 is 6.39. The van der Waals surface area contributed by atoms with E-state index in [1.54, 1.807) is 0 Å². The van der Waals surface area contributed by atoms with E-state index in [2.05, 4.69) is 10.3 Å². The number of carbonyl (C=O) groups excluding carboxylic acids is 3. The molecule has 1 aliphatic heterocycles. The summed E-state index contributed by atoms with van der Waals surface area (Å²) in [6, 6.07) is 5.58. The van der Waals surface area contributed by atoms with Gasteiger partial charge in [-0.25, -0.2) is 4.98 Å². The second-order valence-corrected chi connectivity index (χ2v) is 8.42. The fourth-order valence-electron chi connectivity index (χ4n) is 4.64. The van der Waals surface area contributed by atoms with Gasteiger partial charge in [-0.2, -0.15) is 0 Å². The number of thiazole rings is 1. The lowest BCUT2D eigenvalue weighted by Crippen LogP contribution is -2.39. The monoisotopic (exact) mass is 397 g/mol. The number of hydrogen-bond acceptors (Lipinski definition) is 6. The predicted octanol–water partition coefficient (Wildman–Crippen LogP) is 2.44. The Kier molecular flexibility index (Phi) is 3.97. The van der Waals surface area contributed by atoms with Crippen LogP contribution in [0.3, 0.4) is 0 Å². The Hall–Kier alpha value is -2.74. The topological polar surface area (TPSA) is 88.6 Å². The maximum Gasteiger partial charge on any atom is 0.246 e. The molecule has 3 amide bonds. The second-order valence-electron chi connectivity index (χ2n) is 7.39. The summed E-state index contributed by atoms with van der Waals surface area (Å²) in [4.78, 5) is 43.4. The molecule has 2 bridgehead atoms. The van der Waals surface area contributed by atoms with Crippen LogP contribution in [0.1, 0.15) is 13.3 Å². The Morgan fingerprint density at radius 2 is 1.96 bits per heavy atom. The molecule has 7 nitrogen and oxygen atoms in total. The number of benzene rings is 1. The summed E-state index contributed by atoms with van der Waals surface area (Å²) in [6.45, 7) is 2.22. The maximum atomic E-state index is 12.7. The first-order valence-electron chi connectivity index (χ1n) is 9.42. The van der Waals surface area contributed by atoms with E-state index in [1.807, 2.05) is 37.3 Å². The van der Waals surface area contributed by atoms with Crippen LogP contribution in [0.5, 0.6) is 5.75 Å². The van der Waals surface area contributed by atoms with Crippen molar-refractivity contribution in [1.82, 2.24) is 9.88 Å². The van der Waals surface area contributed by atoms with Crippen molar-refractivity contribution in [3.8, 4) is 5.75 Å². The molecule has 144 valence electrons. The molecular weight excluding hydrogens is 378 g/mol. The molecule has 2 fully saturated rings. The van der Waals surface area contributed by atoms with E-state index in [9.17, 15) is 14.4 Å². The van der Waals surface area contributed by atoms with Crippen LogP contribution in [0.2, 0.25) is 0 Å². The number of hydrogen-bond donors (Lipinski definition) is 1. The number of amides is 3. The van der Waals surface area contributed by atoms with Gasteiger partial charge >= 0.3 is 0 Å². The van der Waals surface area contributed by atoms with Crippen LogP contribution in [-0.2, 0) is 14.4 Å². The number of nitrogens with one attached hydrogen (secondary N) is 1. The van der Waals surface area contributed by atoms with E-state index in [-0.39, 0.29) is 42.0 Å². The van der Waals surface area contributed by atoms with Crippen LogP contribution in [0.15, 0.2) is 30.4 Å². The van der Waals surface area contributed by atoms with Crippen LogP contribution in [0.4, 0.5) is 5.13 Å². The molecule has 0 spiro atoms. The number of ether oxygens (including phenoxy) is 1. The third kappa shape index (κ3) is 2.63. The van der Waals surface area contributed by atoms with Crippen LogP contribution in [0.25, 0.3) is 10.2 Å². The summed E-state index contributed by atoms with van der Waals surface area (Å²) in [5.74, 6) is -0.399. The van der Waals surface area contributed by atoms with E-state index >= 15 is 0 Å². The molecule has 28 heavy (non-hydrogen) atoms. The Morgan fingerprint density at radius 1 is 1.25 bits per heavy atom. The Labute approximate surface area is 165 Å². The zero-order chi connectivity index (χ0) is 19.4. The normalized spacial score (nSPS) is 27.7. The van der Waals surface area contributed by atoms with E-state index in [4.69, 9.17) is 4.74 Å². The highest BCUT2D eigenvalue weighted by atomic mass is 32.1. The summed E-state index contributed by atoms with van der Waals surface area (Å²) in [7, 11) is 0. The molecule has 4 atom stereocenters. The largest absolute Gasteiger partial charge is 0.494 e. The zero-order valence-corrected chi connectivity index (χ0v) is 16.1. The van der Waals surface area contributed by atoms with Gasteiger partial charge in [0.15, 0.2) is 5.13 Å². The van der Waals surface area contributed by atoms with Gasteiger partial charge < -0.3 is 10.1 Å². The molecule has 1 aromatic carbocycles. The Bertz CT molecular complexity index is 1000. The molecule has 0 radical (unpaired) electrons. The van der Waals surface area contributed by atoms with Gasteiger partial charge in [-0.15, -0.1) is 0 Å². The van der Waals surface area contributed by atoms with Gasteiger partial charge in [0, 0.05) is 6.07 Å². The highest BCUT2D eigenvalue weighted by Gasteiger charge is 2.59. The number of nitrogens with zero attached hydrogens (tertiary/aromatic N) is 2. The number of allylic oxidation sites excluding steroid dienone is 2. The quantitative estimate of drug-likeness (QED) is 0.618. The fourth-order valence-corrected chi connectivity index (χ4v) is 5.50. The van der Waals surface area contributed by atoms with E-state index in [0.29, 0.717) is 11.7 Å². The molecule has 0 unspecified atom stereocenters. The summed E-state index contributed by atoms with van der Waals surface area (Å²) in [5.41, 5.74) is 0.733. The number of rotatable bonds is 5. The van der Waals surface area contributed by atoms with Crippen LogP contribution in [0, 0.1) is 23.7 Å².